The van der Waals surface area contributed by atoms with Crippen LogP contribution in [-0.2, 0) is 34.0 Å². The summed E-state index contributed by atoms with van der Waals surface area (Å²) in [7, 11) is 0.531. The minimum Gasteiger partial charge on any atom is -0.477 e. The first-order valence-electron chi connectivity index (χ1n) is 22.2. The van der Waals surface area contributed by atoms with Crippen molar-refractivity contribution in [3.05, 3.63) is 167 Å². The maximum Gasteiger partial charge on any atom is 0.127 e. The van der Waals surface area contributed by atoms with Crippen LogP contribution < -0.4 is 9.05 Å². The Bertz CT molecular complexity index is 2950. The summed E-state index contributed by atoms with van der Waals surface area (Å²) < 4.78 is 13.7. The molecule has 0 fully saturated rings. The molecule has 0 aliphatic heterocycles. The van der Waals surface area contributed by atoms with Gasteiger partial charge in [-0.1, -0.05) is 192 Å². The van der Waals surface area contributed by atoms with Crippen molar-refractivity contribution in [2.24, 2.45) is 0 Å². The Morgan fingerprint density at radius 3 is 1.40 bits per heavy atom. The lowest BCUT2D eigenvalue weighted by atomic mass is 9.82. The molecule has 2 unspecified atom stereocenters. The second kappa shape index (κ2) is 16.8. The third-order valence-electron chi connectivity index (χ3n) is 12.3. The van der Waals surface area contributed by atoms with Gasteiger partial charge in [0.25, 0.3) is 0 Å². The van der Waals surface area contributed by atoms with E-state index >= 15 is 0 Å². The number of hydrogen-bond acceptors (Lipinski definition) is 2. The Kier molecular flexibility index (Phi) is 11.9. The van der Waals surface area contributed by atoms with Crippen LogP contribution in [0.1, 0.15) is 116 Å². The Balaban J connectivity index is 1.12. The fourth-order valence-corrected chi connectivity index (χ4v) is 10.3. The summed E-state index contributed by atoms with van der Waals surface area (Å²) in [5.41, 5.74) is 10.4. The van der Waals surface area contributed by atoms with Crippen LogP contribution in [0.15, 0.2) is 133 Å². The molecular formula is C58H64O2P2. The average Bonchev–Trinajstić information content (AvgIpc) is 3.21. The summed E-state index contributed by atoms with van der Waals surface area (Å²) in [4.78, 5) is 0. The molecule has 2 nitrogen and oxygen atoms in total. The maximum absolute atomic E-state index is 6.88. The molecule has 8 aromatic carbocycles. The molecule has 0 spiro atoms. The predicted octanol–water partition coefficient (Wildman–Crippen LogP) is 17.5. The Morgan fingerprint density at radius 2 is 0.871 bits per heavy atom. The highest BCUT2D eigenvalue weighted by Crippen LogP contribution is 2.44. The molecule has 0 saturated carbocycles. The van der Waals surface area contributed by atoms with Crippen molar-refractivity contribution in [3.63, 3.8) is 0 Å². The zero-order valence-electron chi connectivity index (χ0n) is 38.9. The fourth-order valence-electron chi connectivity index (χ4n) is 8.68. The summed E-state index contributed by atoms with van der Waals surface area (Å²) >= 11 is 0. The average molecular weight is 855 g/mol. The minimum atomic E-state index is -0.0671. The maximum atomic E-state index is 6.88. The second-order valence-corrected chi connectivity index (χ2v) is 23.0. The van der Waals surface area contributed by atoms with Crippen molar-refractivity contribution >= 4 is 60.7 Å². The van der Waals surface area contributed by atoms with Gasteiger partial charge in [-0.05, 0) is 122 Å². The van der Waals surface area contributed by atoms with Crippen LogP contribution in [-0.4, -0.2) is 0 Å². The fraction of sp³-hybridized carbons (Fsp3) is 0.310. The zero-order chi connectivity index (χ0) is 44.2. The smallest absolute Gasteiger partial charge is 0.127 e. The lowest BCUT2D eigenvalue weighted by Crippen LogP contribution is -2.13. The third kappa shape index (κ3) is 9.30. The summed E-state index contributed by atoms with van der Waals surface area (Å²) in [6, 6.07) is 50.1. The lowest BCUT2D eigenvalue weighted by molar-refractivity contribution is 0.542. The first kappa shape index (κ1) is 43.9. The van der Waals surface area contributed by atoms with Gasteiger partial charge in [0, 0.05) is 23.5 Å². The molecule has 8 aromatic rings. The third-order valence-corrected chi connectivity index (χ3v) is 14.1. The van der Waals surface area contributed by atoms with Gasteiger partial charge in [0.15, 0.2) is 0 Å². The summed E-state index contributed by atoms with van der Waals surface area (Å²) in [5.74, 6) is 1.97. The Morgan fingerprint density at radius 1 is 0.387 bits per heavy atom. The number of fused-ring (bicyclic) bond motifs is 4. The normalized spacial score (nSPS) is 13.2. The molecule has 0 N–H and O–H groups in total. The van der Waals surface area contributed by atoms with Crippen LogP contribution in [0.2, 0.25) is 0 Å². The van der Waals surface area contributed by atoms with Crippen molar-refractivity contribution in [1.82, 2.24) is 0 Å². The zero-order valence-corrected chi connectivity index (χ0v) is 40.9. The lowest BCUT2D eigenvalue weighted by Gasteiger charge is -2.25. The monoisotopic (exact) mass is 854 g/mol. The van der Waals surface area contributed by atoms with Gasteiger partial charge in [-0.25, -0.2) is 0 Å². The molecule has 0 bridgehead atoms. The van der Waals surface area contributed by atoms with Crippen LogP contribution in [0.5, 0.6) is 11.5 Å². The van der Waals surface area contributed by atoms with Crippen molar-refractivity contribution in [2.45, 2.75) is 117 Å². The highest BCUT2D eigenvalue weighted by atomic mass is 31.1. The molecule has 0 radical (unpaired) electrons. The van der Waals surface area contributed by atoms with Gasteiger partial charge < -0.3 is 9.05 Å². The summed E-state index contributed by atoms with van der Waals surface area (Å²) in [5, 5.41) is 10.0. The van der Waals surface area contributed by atoms with E-state index in [2.05, 4.69) is 217 Å². The van der Waals surface area contributed by atoms with Crippen molar-refractivity contribution in [3.8, 4) is 22.6 Å². The molecule has 2 atom stereocenters. The number of hydrogen-bond donors (Lipinski definition) is 0. The molecule has 0 amide bonds. The van der Waals surface area contributed by atoms with E-state index in [1.165, 1.54) is 87.6 Å². The second-order valence-electron chi connectivity index (χ2n) is 21.4. The molecule has 318 valence electrons. The van der Waals surface area contributed by atoms with Gasteiger partial charge in [0.05, 0.1) is 17.6 Å². The molecule has 0 aliphatic carbocycles. The van der Waals surface area contributed by atoms with Gasteiger partial charge in [-0.2, -0.15) is 0 Å². The summed E-state index contributed by atoms with van der Waals surface area (Å²) in [6.07, 6.45) is 1.63. The largest absolute Gasteiger partial charge is 0.477 e. The van der Waals surface area contributed by atoms with Gasteiger partial charge in [0.1, 0.15) is 11.5 Å². The molecule has 62 heavy (non-hydrogen) atoms. The molecule has 0 saturated heterocycles. The molecule has 0 aromatic heterocycles. The Hall–Kier alpha value is -4.74. The molecule has 8 rings (SSSR count). The first-order chi connectivity index (χ1) is 29.2. The van der Waals surface area contributed by atoms with E-state index in [9.17, 15) is 0 Å². The predicted molar refractivity (Wildman–Crippen MR) is 275 cm³/mol. The van der Waals surface area contributed by atoms with E-state index in [1.54, 1.807) is 0 Å². The molecule has 4 heteroatoms. The highest BCUT2D eigenvalue weighted by molar-refractivity contribution is 7.32. The molecule has 0 aliphatic rings. The van der Waals surface area contributed by atoms with Gasteiger partial charge in [-0.15, -0.1) is 0 Å². The quantitative estimate of drug-likeness (QED) is 0.135. The van der Waals surface area contributed by atoms with E-state index in [1.807, 2.05) is 0 Å². The van der Waals surface area contributed by atoms with Gasteiger partial charge in [0.2, 0.25) is 0 Å². The van der Waals surface area contributed by atoms with E-state index in [0.29, 0.717) is 0 Å². The number of rotatable bonds is 9. The van der Waals surface area contributed by atoms with Crippen molar-refractivity contribution in [1.29, 1.82) is 0 Å². The highest BCUT2D eigenvalue weighted by Gasteiger charge is 2.24. The topological polar surface area (TPSA) is 18.5 Å². The van der Waals surface area contributed by atoms with Crippen LogP contribution in [0.25, 0.3) is 54.2 Å². The van der Waals surface area contributed by atoms with E-state index in [-0.39, 0.29) is 39.3 Å². The minimum absolute atomic E-state index is 0.0598. The number of benzene rings is 8. The van der Waals surface area contributed by atoms with Gasteiger partial charge >= 0.3 is 0 Å². The summed E-state index contributed by atoms with van der Waals surface area (Å²) in [6.45, 7) is 27.4. The SMILES string of the molecule is CC(C)(C)c1ccc2cc(OPCc3cc(-c4c(CPOc5cc6ccc(C(C)(C)C)cc6cc5C(C)(C)C)ccc5ccccc45)c4ccccc4c3)c(C(C)(C)C)cc2c1. The van der Waals surface area contributed by atoms with Crippen LogP contribution in [0.3, 0.4) is 0 Å². The van der Waals surface area contributed by atoms with Crippen molar-refractivity contribution in [2.75, 3.05) is 0 Å². The van der Waals surface area contributed by atoms with E-state index in [4.69, 9.17) is 9.05 Å². The van der Waals surface area contributed by atoms with Crippen LogP contribution >= 0.6 is 17.6 Å². The first-order valence-corrected chi connectivity index (χ1v) is 24.5. The van der Waals surface area contributed by atoms with E-state index < -0.39 is 0 Å². The molecular weight excluding hydrogens is 791 g/mol. The Labute approximate surface area is 374 Å². The molecule has 0 heterocycles. The van der Waals surface area contributed by atoms with E-state index in [0.717, 1.165) is 23.8 Å². The van der Waals surface area contributed by atoms with Crippen LogP contribution in [0.4, 0.5) is 0 Å². The van der Waals surface area contributed by atoms with Gasteiger partial charge in [-0.3, -0.25) is 0 Å². The van der Waals surface area contributed by atoms with Crippen molar-refractivity contribution < 1.29 is 9.05 Å². The standard InChI is InChI=1S/C58H64O2P2/c1-55(2,3)45-25-23-39-33-52(50(57(7,8)9)31-43(39)29-45)59-61-35-37-27-41-18-14-15-19-47(41)49(28-37)54-42(22-21-38-17-13-16-20-48(38)54)36-62-60-53-34-40-24-26-46(56(4,5)6)30-44(40)32-51(53)58(10,11)12/h13-34,61-62H,35-36H2,1-12H3. The van der Waals surface area contributed by atoms with Crippen LogP contribution in [0, 0.1) is 0 Å².